The van der Waals surface area contributed by atoms with Crippen LogP contribution in [0.3, 0.4) is 0 Å². The van der Waals surface area contributed by atoms with Crippen molar-refractivity contribution in [3.63, 3.8) is 0 Å². The van der Waals surface area contributed by atoms with Crippen molar-refractivity contribution in [3.05, 3.63) is 11.6 Å². The first-order valence-electron chi connectivity index (χ1n) is 7.87. The fourth-order valence-corrected chi connectivity index (χ4v) is 3.88. The maximum absolute atomic E-state index is 5.87. The minimum atomic E-state index is 0.0834. The van der Waals surface area contributed by atoms with Gasteiger partial charge in [0.1, 0.15) is 0 Å². The summed E-state index contributed by atoms with van der Waals surface area (Å²) in [5, 5.41) is 0. The molecule has 4 unspecified atom stereocenters. The molecule has 20 heavy (non-hydrogen) atoms. The lowest BCUT2D eigenvalue weighted by atomic mass is 9.68. The van der Waals surface area contributed by atoms with E-state index in [1.165, 1.54) is 12.0 Å². The van der Waals surface area contributed by atoms with Crippen molar-refractivity contribution >= 4 is 0 Å². The van der Waals surface area contributed by atoms with E-state index >= 15 is 0 Å². The molecule has 116 valence electrons. The summed E-state index contributed by atoms with van der Waals surface area (Å²) in [6.07, 6.45) is 7.20. The molecular weight excluding hydrogens is 252 g/mol. The Morgan fingerprint density at radius 2 is 2.05 bits per heavy atom. The summed E-state index contributed by atoms with van der Waals surface area (Å²) in [6.45, 7) is 7.57. The summed E-state index contributed by atoms with van der Waals surface area (Å²) in [5.74, 6) is 1.05. The van der Waals surface area contributed by atoms with Crippen molar-refractivity contribution in [2.45, 2.75) is 64.3 Å². The Hall–Kier alpha value is -0.380. The Labute approximate surface area is 123 Å². The number of hydrogen-bond donors (Lipinski definition) is 0. The molecule has 1 saturated carbocycles. The Morgan fingerprint density at radius 3 is 2.55 bits per heavy atom. The van der Waals surface area contributed by atoms with Gasteiger partial charge in [-0.05, 0) is 45.4 Å². The van der Waals surface area contributed by atoms with E-state index in [0.717, 1.165) is 25.9 Å². The fraction of sp³-hybridized carbons (Fsp3) is 0.882. The van der Waals surface area contributed by atoms with Crippen LogP contribution < -0.4 is 0 Å². The normalized spacial score (nSPS) is 37.8. The van der Waals surface area contributed by atoms with Crippen LogP contribution in [-0.4, -0.2) is 38.6 Å². The Balaban J connectivity index is 2.05. The van der Waals surface area contributed by atoms with E-state index in [0.29, 0.717) is 11.8 Å². The maximum atomic E-state index is 5.87. The van der Waals surface area contributed by atoms with Gasteiger partial charge in [-0.2, -0.15) is 0 Å². The summed E-state index contributed by atoms with van der Waals surface area (Å²) in [6, 6.07) is 0. The summed E-state index contributed by atoms with van der Waals surface area (Å²) >= 11 is 0. The van der Waals surface area contributed by atoms with E-state index in [1.54, 1.807) is 7.11 Å². The quantitative estimate of drug-likeness (QED) is 0.551. The number of ether oxygens (including phenoxy) is 3. The van der Waals surface area contributed by atoms with Crippen LogP contribution in [0.4, 0.5) is 0 Å². The molecule has 1 heterocycles. The lowest BCUT2D eigenvalue weighted by molar-refractivity contribution is -0.124. The molecule has 1 aliphatic heterocycles. The van der Waals surface area contributed by atoms with Crippen LogP contribution in [0.2, 0.25) is 0 Å². The second-order valence-corrected chi connectivity index (χ2v) is 6.73. The van der Waals surface area contributed by atoms with Crippen LogP contribution in [0.5, 0.6) is 0 Å². The van der Waals surface area contributed by atoms with Gasteiger partial charge >= 0.3 is 0 Å². The molecule has 2 fully saturated rings. The first-order valence-corrected chi connectivity index (χ1v) is 7.87. The van der Waals surface area contributed by atoms with E-state index in [9.17, 15) is 0 Å². The van der Waals surface area contributed by atoms with Gasteiger partial charge in [0.05, 0.1) is 24.4 Å². The Morgan fingerprint density at radius 1 is 1.35 bits per heavy atom. The van der Waals surface area contributed by atoms with Crippen LogP contribution >= 0.6 is 0 Å². The van der Waals surface area contributed by atoms with Crippen molar-refractivity contribution in [3.8, 4) is 0 Å². The molecule has 2 rings (SSSR count). The van der Waals surface area contributed by atoms with Crippen molar-refractivity contribution in [1.82, 2.24) is 0 Å². The van der Waals surface area contributed by atoms with E-state index in [2.05, 4.69) is 26.8 Å². The zero-order valence-electron chi connectivity index (χ0n) is 13.6. The molecule has 0 amide bonds. The Kier molecular flexibility index (Phi) is 5.27. The minimum Gasteiger partial charge on any atom is -0.379 e. The van der Waals surface area contributed by atoms with E-state index in [-0.39, 0.29) is 17.8 Å². The summed E-state index contributed by atoms with van der Waals surface area (Å²) in [5.41, 5.74) is 1.48. The summed E-state index contributed by atoms with van der Waals surface area (Å²) < 4.78 is 17.3. The average molecular weight is 282 g/mol. The average Bonchev–Trinajstić information content (AvgIpc) is 3.17. The predicted octanol–water partition coefficient (Wildman–Crippen LogP) is 3.58. The molecule has 0 bridgehead atoms. The van der Waals surface area contributed by atoms with E-state index in [1.807, 2.05) is 7.11 Å². The van der Waals surface area contributed by atoms with Gasteiger partial charge in [0, 0.05) is 20.1 Å². The van der Waals surface area contributed by atoms with Crippen molar-refractivity contribution in [1.29, 1.82) is 0 Å². The van der Waals surface area contributed by atoms with Gasteiger partial charge in [-0.15, -0.1) is 0 Å². The lowest BCUT2D eigenvalue weighted by Gasteiger charge is -2.43. The zero-order valence-corrected chi connectivity index (χ0v) is 13.6. The molecule has 0 aromatic carbocycles. The Bertz CT molecular complexity index is 342. The number of methoxy groups -OCH3 is 2. The third-order valence-corrected chi connectivity index (χ3v) is 5.06. The highest BCUT2D eigenvalue weighted by Gasteiger charge is 2.59. The lowest BCUT2D eigenvalue weighted by Crippen LogP contribution is -2.51. The first-order chi connectivity index (χ1) is 9.54. The highest BCUT2D eigenvalue weighted by molar-refractivity contribution is 5.08. The van der Waals surface area contributed by atoms with Gasteiger partial charge in [-0.3, -0.25) is 0 Å². The molecule has 3 heteroatoms. The SMILES string of the molecule is COC1CC[C@]2(CO2)C(C(C)CCC=C(C)C)C1OC. The fourth-order valence-electron chi connectivity index (χ4n) is 3.88. The zero-order chi connectivity index (χ0) is 14.8. The van der Waals surface area contributed by atoms with Crippen molar-refractivity contribution < 1.29 is 14.2 Å². The molecule has 0 aromatic rings. The molecular formula is C17H30O3. The van der Waals surface area contributed by atoms with Crippen LogP contribution in [0.25, 0.3) is 0 Å². The molecule has 0 aromatic heterocycles. The third-order valence-electron chi connectivity index (χ3n) is 5.06. The predicted molar refractivity (Wildman–Crippen MR) is 80.8 cm³/mol. The van der Waals surface area contributed by atoms with Gasteiger partial charge < -0.3 is 14.2 Å². The van der Waals surface area contributed by atoms with Gasteiger partial charge in [-0.1, -0.05) is 18.6 Å². The number of allylic oxidation sites excluding steroid dienone is 2. The summed E-state index contributed by atoms with van der Waals surface area (Å²) in [4.78, 5) is 0. The highest BCUT2D eigenvalue weighted by atomic mass is 16.6. The van der Waals surface area contributed by atoms with Crippen LogP contribution in [0.1, 0.15) is 46.5 Å². The standard InChI is InChI=1S/C17H30O3/c1-12(2)7-6-8-13(3)15-16(19-5)14(18-4)9-10-17(15)11-20-17/h7,13-16H,6,8-11H2,1-5H3/t13?,14?,15?,16?,17-/m0/s1. The third kappa shape index (κ3) is 3.26. The molecule has 0 N–H and O–H groups in total. The highest BCUT2D eigenvalue weighted by Crippen LogP contribution is 2.51. The van der Waals surface area contributed by atoms with E-state index in [4.69, 9.17) is 14.2 Å². The van der Waals surface area contributed by atoms with Crippen LogP contribution in [0.15, 0.2) is 11.6 Å². The summed E-state index contributed by atoms with van der Waals surface area (Å²) in [7, 11) is 3.61. The molecule has 0 radical (unpaired) electrons. The van der Waals surface area contributed by atoms with E-state index < -0.39 is 0 Å². The minimum absolute atomic E-state index is 0.0834. The molecule has 3 nitrogen and oxygen atoms in total. The molecule has 1 saturated heterocycles. The van der Waals surface area contributed by atoms with Gasteiger partial charge in [0.15, 0.2) is 0 Å². The maximum Gasteiger partial charge on any atom is 0.0973 e. The van der Waals surface area contributed by atoms with Gasteiger partial charge in [0.25, 0.3) is 0 Å². The van der Waals surface area contributed by atoms with Crippen molar-refractivity contribution in [2.75, 3.05) is 20.8 Å². The molecule has 1 spiro atoms. The second-order valence-electron chi connectivity index (χ2n) is 6.73. The van der Waals surface area contributed by atoms with Gasteiger partial charge in [0.2, 0.25) is 0 Å². The van der Waals surface area contributed by atoms with Crippen LogP contribution in [-0.2, 0) is 14.2 Å². The molecule has 1 aliphatic carbocycles. The van der Waals surface area contributed by atoms with Crippen molar-refractivity contribution in [2.24, 2.45) is 11.8 Å². The monoisotopic (exact) mass is 282 g/mol. The molecule has 2 aliphatic rings. The second kappa shape index (κ2) is 6.59. The molecule has 5 atom stereocenters. The number of epoxide rings is 1. The first kappa shape index (κ1) is 16.0. The smallest absolute Gasteiger partial charge is 0.0973 e. The number of rotatable bonds is 6. The largest absolute Gasteiger partial charge is 0.379 e. The van der Waals surface area contributed by atoms with Crippen LogP contribution in [0, 0.1) is 11.8 Å². The van der Waals surface area contributed by atoms with Gasteiger partial charge in [-0.25, -0.2) is 0 Å². The number of hydrogen-bond acceptors (Lipinski definition) is 3. The topological polar surface area (TPSA) is 31.0 Å².